The van der Waals surface area contributed by atoms with E-state index in [-0.39, 0.29) is 15.8 Å². The summed E-state index contributed by atoms with van der Waals surface area (Å²) in [5, 5.41) is 0. The van der Waals surface area contributed by atoms with E-state index in [0.29, 0.717) is 6.54 Å². The fourth-order valence-corrected chi connectivity index (χ4v) is 6.83. The van der Waals surface area contributed by atoms with Crippen molar-refractivity contribution in [1.29, 1.82) is 0 Å². The van der Waals surface area contributed by atoms with Crippen molar-refractivity contribution in [2.75, 3.05) is 11.4 Å². The molecule has 0 spiro atoms. The van der Waals surface area contributed by atoms with Crippen LogP contribution < -0.4 is 4.90 Å². The zero-order valence-corrected chi connectivity index (χ0v) is 25.5. The summed E-state index contributed by atoms with van der Waals surface area (Å²) in [5.41, 5.74) is 4.51. The van der Waals surface area contributed by atoms with Crippen LogP contribution in [0.1, 0.15) is 59.6 Å². The number of nitrogens with zero attached hydrogens (tertiary/aromatic N) is 2. The van der Waals surface area contributed by atoms with Crippen molar-refractivity contribution >= 4 is 37.3 Å². The molecule has 0 bridgehead atoms. The van der Waals surface area contributed by atoms with E-state index >= 15 is 0 Å². The minimum atomic E-state index is -4.32. The van der Waals surface area contributed by atoms with E-state index in [1.165, 1.54) is 12.1 Å². The predicted molar refractivity (Wildman–Crippen MR) is 158 cm³/mol. The highest BCUT2D eigenvalue weighted by atomic mass is 32.2. The molecular formula is C30H37N2O6S2+. The molecule has 10 heteroatoms. The van der Waals surface area contributed by atoms with Gasteiger partial charge in [-0.1, -0.05) is 32.1 Å². The van der Waals surface area contributed by atoms with E-state index in [1.807, 2.05) is 65.0 Å². The Hall–Kier alpha value is -3.05. The predicted octanol–water partition coefficient (Wildman–Crippen LogP) is 5.78. The molecule has 2 N–H and O–H groups in total. The molecule has 40 heavy (non-hydrogen) atoms. The molecule has 2 aromatic carbocycles. The Bertz CT molecular complexity index is 1710. The van der Waals surface area contributed by atoms with Crippen LogP contribution in [-0.4, -0.2) is 48.8 Å². The number of allylic oxidation sites excluding steroid dienone is 6. The molecule has 214 valence electrons. The third kappa shape index (κ3) is 5.09. The van der Waals surface area contributed by atoms with Crippen LogP contribution >= 0.6 is 0 Å². The largest absolute Gasteiger partial charge is 0.341 e. The van der Waals surface area contributed by atoms with Gasteiger partial charge in [-0.3, -0.25) is 9.11 Å². The van der Waals surface area contributed by atoms with Gasteiger partial charge in [-0.25, -0.2) is 0 Å². The monoisotopic (exact) mass is 585 g/mol. The zero-order chi connectivity index (χ0) is 29.8. The Labute approximate surface area is 237 Å². The van der Waals surface area contributed by atoms with Crippen LogP contribution in [0.2, 0.25) is 0 Å². The van der Waals surface area contributed by atoms with Gasteiger partial charge in [-0.15, -0.1) is 0 Å². The van der Waals surface area contributed by atoms with Crippen molar-refractivity contribution in [3.05, 3.63) is 83.6 Å². The highest BCUT2D eigenvalue weighted by Crippen LogP contribution is 2.49. The maximum atomic E-state index is 11.8. The van der Waals surface area contributed by atoms with Gasteiger partial charge < -0.3 is 4.90 Å². The summed E-state index contributed by atoms with van der Waals surface area (Å²) in [5.74, 6) is 0. The highest BCUT2D eigenvalue weighted by Gasteiger charge is 2.44. The molecule has 0 unspecified atom stereocenters. The number of hydrogen-bond acceptors (Lipinski definition) is 5. The summed E-state index contributed by atoms with van der Waals surface area (Å²) >= 11 is 0. The summed E-state index contributed by atoms with van der Waals surface area (Å²) < 4.78 is 68.3. The van der Waals surface area contributed by atoms with E-state index in [1.54, 1.807) is 24.3 Å². The maximum absolute atomic E-state index is 11.8. The SMILES string of the molecule is CC[N+]1=C(C=CC=CC=C2N(C(C)C)c3ccc(S(=O)(=O)O)cc3C2(C)C)C(C)(C)c2cc(S(=O)(=O)O)ccc21. The third-order valence-corrected chi connectivity index (χ3v) is 9.52. The van der Waals surface area contributed by atoms with Crippen LogP contribution in [0, 0.1) is 0 Å². The molecule has 2 heterocycles. The lowest BCUT2D eigenvalue weighted by molar-refractivity contribution is -0.433. The van der Waals surface area contributed by atoms with Gasteiger partial charge in [0.1, 0.15) is 6.54 Å². The lowest BCUT2D eigenvalue weighted by Crippen LogP contribution is -2.31. The van der Waals surface area contributed by atoms with Gasteiger partial charge in [0.15, 0.2) is 5.71 Å². The molecule has 0 saturated carbocycles. The van der Waals surface area contributed by atoms with Crippen LogP contribution in [-0.2, 0) is 31.1 Å². The second-order valence-electron chi connectivity index (χ2n) is 11.4. The van der Waals surface area contributed by atoms with Gasteiger partial charge in [0.05, 0.1) is 15.2 Å². The van der Waals surface area contributed by atoms with Gasteiger partial charge in [0.25, 0.3) is 20.2 Å². The van der Waals surface area contributed by atoms with Crippen LogP contribution in [0.25, 0.3) is 0 Å². The fourth-order valence-electron chi connectivity index (χ4n) is 5.81. The van der Waals surface area contributed by atoms with Gasteiger partial charge in [0, 0.05) is 40.5 Å². The van der Waals surface area contributed by atoms with E-state index in [9.17, 15) is 25.9 Å². The summed E-state index contributed by atoms with van der Waals surface area (Å²) in [7, 11) is -8.63. The number of rotatable bonds is 7. The lowest BCUT2D eigenvalue weighted by Gasteiger charge is -2.30. The average Bonchev–Trinajstić information content (AvgIpc) is 3.20. The van der Waals surface area contributed by atoms with Gasteiger partial charge in [-0.2, -0.15) is 21.4 Å². The quantitative estimate of drug-likeness (QED) is 0.241. The van der Waals surface area contributed by atoms with Crippen molar-refractivity contribution in [3.63, 3.8) is 0 Å². The molecule has 2 aliphatic rings. The summed E-state index contributed by atoms with van der Waals surface area (Å²) in [6.45, 7) is 15.0. The normalized spacial score (nSPS) is 19.4. The van der Waals surface area contributed by atoms with E-state index in [4.69, 9.17) is 0 Å². The summed E-state index contributed by atoms with van der Waals surface area (Å²) in [6, 6.07) is 9.54. The minimum Gasteiger partial charge on any atom is -0.341 e. The molecule has 2 aliphatic heterocycles. The molecule has 0 amide bonds. The molecule has 0 aromatic heterocycles. The Balaban J connectivity index is 1.67. The molecule has 0 aliphatic carbocycles. The summed E-state index contributed by atoms with van der Waals surface area (Å²) in [4.78, 5) is 1.93. The van der Waals surface area contributed by atoms with Gasteiger partial charge in [0.2, 0.25) is 5.69 Å². The average molecular weight is 586 g/mol. The van der Waals surface area contributed by atoms with Crippen LogP contribution in [0.15, 0.2) is 82.3 Å². The third-order valence-electron chi connectivity index (χ3n) is 7.82. The number of hydrogen-bond donors (Lipinski definition) is 2. The van der Waals surface area contributed by atoms with Crippen molar-refractivity contribution in [1.82, 2.24) is 0 Å². The molecular weight excluding hydrogens is 548 g/mol. The summed E-state index contributed by atoms with van der Waals surface area (Å²) in [6.07, 6.45) is 9.85. The Kier molecular flexibility index (Phi) is 7.55. The van der Waals surface area contributed by atoms with Crippen LogP contribution in [0.5, 0.6) is 0 Å². The highest BCUT2D eigenvalue weighted by molar-refractivity contribution is 7.86. The van der Waals surface area contributed by atoms with E-state index < -0.39 is 31.1 Å². The van der Waals surface area contributed by atoms with Gasteiger partial charge >= 0.3 is 0 Å². The molecule has 4 rings (SSSR count). The van der Waals surface area contributed by atoms with E-state index in [2.05, 4.69) is 23.3 Å². The second-order valence-corrected chi connectivity index (χ2v) is 14.3. The van der Waals surface area contributed by atoms with Crippen molar-refractivity contribution in [3.8, 4) is 0 Å². The Morgan fingerprint density at radius 3 is 1.98 bits per heavy atom. The first kappa shape index (κ1) is 29.9. The standard InChI is InChI=1S/C30H36N2O6S2/c1-8-31-25-16-14-21(39(33,34)35)18-23(25)29(4,5)27(31)12-10-9-11-13-28-30(6,7)24-19-22(40(36,37)38)15-17-26(24)32(28)20(2)3/h9-20H,8H2,1-7H3,(H-,33,34,35,36,37,38)/p+1. The first-order chi connectivity index (χ1) is 18.4. The number of benzene rings is 2. The van der Waals surface area contributed by atoms with Crippen LogP contribution in [0.4, 0.5) is 11.4 Å². The molecule has 0 atom stereocenters. The first-order valence-electron chi connectivity index (χ1n) is 13.2. The Morgan fingerprint density at radius 1 is 0.850 bits per heavy atom. The topological polar surface area (TPSA) is 115 Å². The lowest BCUT2D eigenvalue weighted by atomic mass is 9.81. The zero-order valence-electron chi connectivity index (χ0n) is 23.9. The molecule has 0 radical (unpaired) electrons. The molecule has 8 nitrogen and oxygen atoms in total. The molecule has 0 fully saturated rings. The maximum Gasteiger partial charge on any atom is 0.294 e. The van der Waals surface area contributed by atoms with E-state index in [0.717, 1.165) is 33.9 Å². The molecule has 2 aromatic rings. The second kappa shape index (κ2) is 10.1. The van der Waals surface area contributed by atoms with Gasteiger partial charge in [-0.05, 0) is 76.6 Å². The smallest absolute Gasteiger partial charge is 0.294 e. The Morgan fingerprint density at radius 2 is 1.43 bits per heavy atom. The fraction of sp³-hybridized carbons (Fsp3) is 0.367. The molecule has 0 saturated heterocycles. The van der Waals surface area contributed by atoms with Crippen molar-refractivity contribution < 1.29 is 30.5 Å². The minimum absolute atomic E-state index is 0.117. The van der Waals surface area contributed by atoms with Crippen molar-refractivity contribution in [2.45, 2.75) is 75.1 Å². The first-order valence-corrected chi connectivity index (χ1v) is 16.0. The number of anilines is 1. The number of fused-ring (bicyclic) bond motifs is 2. The van der Waals surface area contributed by atoms with Crippen molar-refractivity contribution in [2.24, 2.45) is 0 Å². The van der Waals surface area contributed by atoms with Crippen LogP contribution in [0.3, 0.4) is 0 Å².